The highest BCUT2D eigenvalue weighted by Crippen LogP contribution is 2.51. The van der Waals surface area contributed by atoms with Gasteiger partial charge in [-0.05, 0) is 17.8 Å². The molecule has 3 rings (SSSR count). The van der Waals surface area contributed by atoms with Gasteiger partial charge in [0.1, 0.15) is 0 Å². The predicted molar refractivity (Wildman–Crippen MR) is 56.7 cm³/mol. The summed E-state index contributed by atoms with van der Waals surface area (Å²) in [5.74, 6) is 3.82. The minimum Gasteiger partial charge on any atom is -0.324 e. The molecule has 1 saturated heterocycles. The number of piperidine rings is 1. The predicted octanol–water partition coefficient (Wildman–Crippen LogP) is 1.90. The average Bonchev–Trinajstić information content (AvgIpc) is 2.70. The first kappa shape index (κ1) is 9.19. The van der Waals surface area contributed by atoms with Crippen LogP contribution >= 0.6 is 0 Å². The molecule has 2 heterocycles. The highest BCUT2D eigenvalue weighted by Gasteiger charge is 2.53. The second-order valence-electron chi connectivity index (χ2n) is 5.18. The van der Waals surface area contributed by atoms with Gasteiger partial charge in [-0.1, -0.05) is 25.9 Å². The van der Waals surface area contributed by atoms with E-state index in [1.807, 2.05) is 0 Å². The van der Waals surface area contributed by atoms with Crippen molar-refractivity contribution in [2.75, 3.05) is 18.0 Å². The highest BCUT2D eigenvalue weighted by atomic mass is 16.5. The van der Waals surface area contributed by atoms with E-state index >= 15 is 0 Å². The highest BCUT2D eigenvalue weighted by molar-refractivity contribution is 5.32. The molecule has 0 radical (unpaired) electrons. The van der Waals surface area contributed by atoms with Gasteiger partial charge in [0.25, 0.3) is 0 Å². The first-order valence-electron chi connectivity index (χ1n) is 5.75. The second-order valence-corrected chi connectivity index (χ2v) is 5.18. The Morgan fingerprint density at radius 1 is 1.33 bits per heavy atom. The standard InChI is InChI=1S/C11H17N3O/c1-6(2)10-12-11(15-13-10)14-4-8-7(3)9(8)5-14/h6-9H,4-5H2,1-3H3. The molecular weight excluding hydrogens is 190 g/mol. The number of fused-ring (bicyclic) bond motifs is 1. The lowest BCUT2D eigenvalue weighted by Gasteiger charge is -2.14. The molecule has 0 bridgehead atoms. The molecular formula is C11H17N3O. The summed E-state index contributed by atoms with van der Waals surface area (Å²) in [4.78, 5) is 6.65. The molecule has 4 heteroatoms. The van der Waals surface area contributed by atoms with E-state index in [4.69, 9.17) is 4.52 Å². The van der Waals surface area contributed by atoms with Crippen LogP contribution in [0.4, 0.5) is 6.01 Å². The number of nitrogens with zero attached hydrogens (tertiary/aromatic N) is 3. The fourth-order valence-electron chi connectivity index (χ4n) is 2.57. The summed E-state index contributed by atoms with van der Waals surface area (Å²) >= 11 is 0. The van der Waals surface area contributed by atoms with Crippen LogP contribution in [0, 0.1) is 17.8 Å². The molecule has 1 aliphatic heterocycles. The molecule has 0 spiro atoms. The number of aromatic nitrogens is 2. The SMILES string of the molecule is CC(C)c1noc(N2CC3C(C)C3C2)n1. The van der Waals surface area contributed by atoms with Gasteiger partial charge < -0.3 is 9.42 Å². The van der Waals surface area contributed by atoms with Gasteiger partial charge in [-0.25, -0.2) is 0 Å². The fraction of sp³-hybridized carbons (Fsp3) is 0.818. The Kier molecular flexibility index (Phi) is 1.82. The van der Waals surface area contributed by atoms with Crippen LogP contribution in [0.2, 0.25) is 0 Å². The molecule has 1 aromatic rings. The van der Waals surface area contributed by atoms with Crippen molar-refractivity contribution in [3.05, 3.63) is 5.82 Å². The van der Waals surface area contributed by atoms with Crippen LogP contribution in [0.3, 0.4) is 0 Å². The molecule has 2 aliphatic rings. The minimum absolute atomic E-state index is 0.346. The van der Waals surface area contributed by atoms with Crippen LogP contribution < -0.4 is 4.90 Å². The first-order chi connectivity index (χ1) is 7.16. The summed E-state index contributed by atoms with van der Waals surface area (Å²) < 4.78 is 5.28. The van der Waals surface area contributed by atoms with Crippen molar-refractivity contribution in [2.45, 2.75) is 26.7 Å². The molecule has 0 N–H and O–H groups in total. The Labute approximate surface area is 89.6 Å². The van der Waals surface area contributed by atoms with Crippen molar-refractivity contribution in [2.24, 2.45) is 17.8 Å². The van der Waals surface area contributed by atoms with E-state index in [0.717, 1.165) is 42.7 Å². The summed E-state index contributed by atoms with van der Waals surface area (Å²) in [6.07, 6.45) is 0. The van der Waals surface area contributed by atoms with E-state index in [2.05, 4.69) is 35.8 Å². The summed E-state index contributed by atoms with van der Waals surface area (Å²) in [5, 5.41) is 3.99. The lowest BCUT2D eigenvalue weighted by Crippen LogP contribution is -2.23. The number of hydrogen-bond acceptors (Lipinski definition) is 4. The lowest BCUT2D eigenvalue weighted by atomic mass is 10.2. The van der Waals surface area contributed by atoms with Crippen molar-refractivity contribution in [1.29, 1.82) is 0 Å². The van der Waals surface area contributed by atoms with Gasteiger partial charge in [0, 0.05) is 19.0 Å². The van der Waals surface area contributed by atoms with Gasteiger partial charge >= 0.3 is 6.01 Å². The quantitative estimate of drug-likeness (QED) is 0.742. The summed E-state index contributed by atoms with van der Waals surface area (Å²) in [5.41, 5.74) is 0. The van der Waals surface area contributed by atoms with Crippen LogP contribution in [0.15, 0.2) is 4.52 Å². The maximum Gasteiger partial charge on any atom is 0.324 e. The zero-order valence-electron chi connectivity index (χ0n) is 9.47. The Morgan fingerprint density at radius 2 is 2.00 bits per heavy atom. The molecule has 1 aromatic heterocycles. The minimum atomic E-state index is 0.346. The molecule has 0 aromatic carbocycles. The van der Waals surface area contributed by atoms with E-state index < -0.39 is 0 Å². The number of hydrogen-bond donors (Lipinski definition) is 0. The Hall–Kier alpha value is -1.06. The molecule has 15 heavy (non-hydrogen) atoms. The Morgan fingerprint density at radius 3 is 2.53 bits per heavy atom. The van der Waals surface area contributed by atoms with E-state index in [9.17, 15) is 0 Å². The third-order valence-electron chi connectivity index (χ3n) is 3.84. The zero-order valence-corrected chi connectivity index (χ0v) is 9.47. The van der Waals surface area contributed by atoms with E-state index in [1.165, 1.54) is 0 Å². The molecule has 82 valence electrons. The lowest BCUT2D eigenvalue weighted by molar-refractivity contribution is 0.403. The van der Waals surface area contributed by atoms with Gasteiger partial charge in [-0.3, -0.25) is 0 Å². The van der Waals surface area contributed by atoms with E-state index in [-0.39, 0.29) is 0 Å². The second kappa shape index (κ2) is 2.97. The maximum atomic E-state index is 5.28. The third kappa shape index (κ3) is 1.34. The summed E-state index contributed by atoms with van der Waals surface area (Å²) in [6, 6.07) is 0.720. The zero-order chi connectivity index (χ0) is 10.6. The number of anilines is 1. The first-order valence-corrected chi connectivity index (χ1v) is 5.75. The molecule has 2 fully saturated rings. The monoisotopic (exact) mass is 207 g/mol. The summed E-state index contributed by atoms with van der Waals surface area (Å²) in [7, 11) is 0. The van der Waals surface area contributed by atoms with Crippen LogP contribution in [-0.2, 0) is 0 Å². The van der Waals surface area contributed by atoms with Crippen LogP contribution in [0.25, 0.3) is 0 Å². The average molecular weight is 207 g/mol. The van der Waals surface area contributed by atoms with E-state index in [1.54, 1.807) is 0 Å². The molecule has 1 saturated carbocycles. The van der Waals surface area contributed by atoms with Crippen molar-refractivity contribution in [3.8, 4) is 0 Å². The summed E-state index contributed by atoms with van der Waals surface area (Å²) in [6.45, 7) is 8.70. The van der Waals surface area contributed by atoms with E-state index in [0.29, 0.717) is 5.92 Å². The Balaban J connectivity index is 1.72. The third-order valence-corrected chi connectivity index (χ3v) is 3.84. The van der Waals surface area contributed by atoms with Gasteiger partial charge in [0.2, 0.25) is 0 Å². The fourth-order valence-corrected chi connectivity index (χ4v) is 2.57. The molecule has 2 unspecified atom stereocenters. The maximum absolute atomic E-state index is 5.28. The smallest absolute Gasteiger partial charge is 0.324 e. The molecule has 4 nitrogen and oxygen atoms in total. The number of rotatable bonds is 2. The molecule has 2 atom stereocenters. The van der Waals surface area contributed by atoms with Gasteiger partial charge in [0.15, 0.2) is 5.82 Å². The van der Waals surface area contributed by atoms with Gasteiger partial charge in [-0.2, -0.15) is 4.98 Å². The van der Waals surface area contributed by atoms with Crippen molar-refractivity contribution in [3.63, 3.8) is 0 Å². The van der Waals surface area contributed by atoms with Crippen molar-refractivity contribution in [1.82, 2.24) is 10.1 Å². The largest absolute Gasteiger partial charge is 0.324 e. The molecule has 0 amide bonds. The van der Waals surface area contributed by atoms with Crippen molar-refractivity contribution < 1.29 is 4.52 Å². The van der Waals surface area contributed by atoms with Crippen LogP contribution in [-0.4, -0.2) is 23.2 Å². The van der Waals surface area contributed by atoms with Crippen LogP contribution in [0.1, 0.15) is 32.5 Å². The van der Waals surface area contributed by atoms with Gasteiger partial charge in [-0.15, -0.1) is 0 Å². The van der Waals surface area contributed by atoms with Crippen LogP contribution in [0.5, 0.6) is 0 Å². The van der Waals surface area contributed by atoms with Gasteiger partial charge in [0.05, 0.1) is 0 Å². The molecule has 1 aliphatic carbocycles. The van der Waals surface area contributed by atoms with Crippen molar-refractivity contribution >= 4 is 6.01 Å². The Bertz CT molecular complexity index is 362. The topological polar surface area (TPSA) is 42.2 Å². The normalized spacial score (nSPS) is 33.6.